The molecule has 1 aliphatic rings. The molecule has 3 atom stereocenters. The van der Waals surface area contributed by atoms with Crippen LogP contribution >= 0.6 is 0 Å². The Morgan fingerprint density at radius 3 is 2.58 bits per heavy atom. The van der Waals surface area contributed by atoms with E-state index in [9.17, 15) is 14.7 Å². The normalized spacial score (nSPS) is 21.4. The van der Waals surface area contributed by atoms with E-state index in [2.05, 4.69) is 12.2 Å². The Hall–Kier alpha value is -0.880. The maximum atomic E-state index is 12.2. The summed E-state index contributed by atoms with van der Waals surface area (Å²) in [6, 6.07) is 7.22. The first-order valence-corrected chi connectivity index (χ1v) is 8.18. The van der Waals surface area contributed by atoms with Gasteiger partial charge in [0.15, 0.2) is 0 Å². The van der Waals surface area contributed by atoms with Gasteiger partial charge >= 0.3 is 29.6 Å². The number of carbonyl (C=O) groups is 2. The van der Waals surface area contributed by atoms with Crippen LogP contribution in [0.4, 0.5) is 0 Å². The van der Waals surface area contributed by atoms with E-state index in [4.69, 9.17) is 4.74 Å². The molecule has 0 aliphatic carbocycles. The average Bonchev–Trinajstić information content (AvgIpc) is 2.53. The third-order valence-corrected chi connectivity index (χ3v) is 4.34. The molecule has 126 valence electrons. The van der Waals surface area contributed by atoms with Crippen molar-refractivity contribution in [2.75, 3.05) is 6.61 Å². The van der Waals surface area contributed by atoms with E-state index in [0.717, 1.165) is 24.8 Å². The number of amides is 1. The van der Waals surface area contributed by atoms with Crippen LogP contribution in [0.15, 0.2) is 24.3 Å². The van der Waals surface area contributed by atoms with Gasteiger partial charge in [0.1, 0.15) is 0 Å². The molecule has 0 saturated carbocycles. The maximum absolute atomic E-state index is 12.2. The van der Waals surface area contributed by atoms with Crippen LogP contribution in [-0.4, -0.2) is 30.6 Å². The molecule has 24 heavy (non-hydrogen) atoms. The van der Waals surface area contributed by atoms with Crippen molar-refractivity contribution in [1.82, 2.24) is 5.32 Å². The molecule has 1 N–H and O–H groups in total. The van der Waals surface area contributed by atoms with Crippen molar-refractivity contribution < 1.29 is 49.0 Å². The number of ether oxygens (including phenoxy) is 1. The monoisotopic (exact) mass is 341 g/mol. The fraction of sp³-hybridized carbons (Fsp3) is 0.556. The molecule has 6 heteroatoms. The third-order valence-electron chi connectivity index (χ3n) is 4.34. The first-order chi connectivity index (χ1) is 11.0. The Balaban J connectivity index is 0.00000288. The van der Waals surface area contributed by atoms with Crippen molar-refractivity contribution in [2.24, 2.45) is 0 Å². The van der Waals surface area contributed by atoms with E-state index >= 15 is 0 Å². The summed E-state index contributed by atoms with van der Waals surface area (Å²) in [5.74, 6) is -2.39. The van der Waals surface area contributed by atoms with Crippen LogP contribution in [0.25, 0.3) is 0 Å². The second kappa shape index (κ2) is 10.2. The fourth-order valence-electron chi connectivity index (χ4n) is 2.90. The smallest absolute Gasteiger partial charge is 0.549 e. The number of aliphatic carboxylic acids is 1. The van der Waals surface area contributed by atoms with Gasteiger partial charge in [-0.25, -0.2) is 0 Å². The molecule has 1 aromatic carbocycles. The van der Waals surface area contributed by atoms with Gasteiger partial charge in [-0.1, -0.05) is 36.8 Å². The number of nitrogens with one attached hydrogen (secondary N) is 1. The van der Waals surface area contributed by atoms with Crippen molar-refractivity contribution in [2.45, 2.75) is 57.6 Å². The Bertz CT molecular complexity index is 546. The predicted octanol–water partition coefficient (Wildman–Crippen LogP) is -1.70. The van der Waals surface area contributed by atoms with Gasteiger partial charge in [-0.15, -0.1) is 0 Å². The number of carbonyl (C=O) groups excluding carboxylic acids is 2. The standard InChI is InChI=1S/C18H25NO4.Na/c1-3-15-10-14(8-9-23-15)19-17(20)11-16(18(21)22)13-6-4-12(2)5-7-13;/h4-7,14-16H,3,8-11H2,1-2H3,(H,19,20)(H,21,22);/q;+1/p-1. The summed E-state index contributed by atoms with van der Waals surface area (Å²) in [5.41, 5.74) is 1.65. The zero-order valence-corrected chi connectivity index (χ0v) is 16.7. The quantitative estimate of drug-likeness (QED) is 0.626. The van der Waals surface area contributed by atoms with Crippen LogP contribution in [0.5, 0.6) is 0 Å². The Labute approximate surface area is 165 Å². The van der Waals surface area contributed by atoms with Crippen molar-refractivity contribution in [3.63, 3.8) is 0 Å². The van der Waals surface area contributed by atoms with E-state index in [0.29, 0.717) is 12.2 Å². The van der Waals surface area contributed by atoms with Crippen molar-refractivity contribution in [3.8, 4) is 0 Å². The topological polar surface area (TPSA) is 78.5 Å². The summed E-state index contributed by atoms with van der Waals surface area (Å²) in [6.07, 6.45) is 2.53. The van der Waals surface area contributed by atoms with Gasteiger partial charge in [-0.2, -0.15) is 0 Å². The van der Waals surface area contributed by atoms with Gasteiger partial charge in [-0.3, -0.25) is 4.79 Å². The molecule has 1 saturated heterocycles. The molecule has 1 heterocycles. The average molecular weight is 341 g/mol. The molecular formula is C18H24NNaO4. The third kappa shape index (κ3) is 6.20. The molecule has 1 fully saturated rings. The Kier molecular flexibility index (Phi) is 8.98. The summed E-state index contributed by atoms with van der Waals surface area (Å²) >= 11 is 0. The number of hydrogen-bond donors (Lipinski definition) is 1. The summed E-state index contributed by atoms with van der Waals surface area (Å²) in [7, 11) is 0. The van der Waals surface area contributed by atoms with Gasteiger partial charge in [0, 0.05) is 31.0 Å². The maximum Gasteiger partial charge on any atom is 1.00 e. The van der Waals surface area contributed by atoms with Crippen LogP contribution in [-0.2, 0) is 14.3 Å². The van der Waals surface area contributed by atoms with E-state index in [-0.39, 0.29) is 54.0 Å². The molecule has 0 aromatic heterocycles. The molecule has 2 rings (SSSR count). The number of benzene rings is 1. The van der Waals surface area contributed by atoms with Gasteiger partial charge in [-0.05, 0) is 31.7 Å². The van der Waals surface area contributed by atoms with Crippen LogP contribution in [0.2, 0.25) is 0 Å². The largest absolute Gasteiger partial charge is 1.00 e. The van der Waals surface area contributed by atoms with Crippen LogP contribution < -0.4 is 40.0 Å². The van der Waals surface area contributed by atoms with Crippen molar-refractivity contribution in [1.29, 1.82) is 0 Å². The molecule has 0 radical (unpaired) electrons. The van der Waals surface area contributed by atoms with Gasteiger partial charge in [0.25, 0.3) is 0 Å². The van der Waals surface area contributed by atoms with Gasteiger partial charge < -0.3 is 20.0 Å². The number of rotatable bonds is 6. The Morgan fingerprint density at radius 2 is 2.00 bits per heavy atom. The summed E-state index contributed by atoms with van der Waals surface area (Å²) in [4.78, 5) is 23.6. The number of carboxylic acids is 1. The number of hydrogen-bond acceptors (Lipinski definition) is 4. The summed E-state index contributed by atoms with van der Waals surface area (Å²) < 4.78 is 5.58. The van der Waals surface area contributed by atoms with Crippen molar-refractivity contribution >= 4 is 11.9 Å². The molecule has 1 aromatic rings. The van der Waals surface area contributed by atoms with E-state index in [1.807, 2.05) is 19.1 Å². The van der Waals surface area contributed by atoms with Crippen LogP contribution in [0.3, 0.4) is 0 Å². The minimum atomic E-state index is -1.22. The minimum absolute atomic E-state index is 0. The second-order valence-electron chi connectivity index (χ2n) is 6.18. The number of carboxylic acid groups (broad SMARTS) is 1. The molecule has 1 amide bonds. The first-order valence-electron chi connectivity index (χ1n) is 8.18. The van der Waals surface area contributed by atoms with Gasteiger partial charge in [0.05, 0.1) is 6.10 Å². The predicted molar refractivity (Wildman–Crippen MR) is 84.7 cm³/mol. The summed E-state index contributed by atoms with van der Waals surface area (Å²) in [5, 5.41) is 14.3. The molecule has 1 aliphatic heterocycles. The van der Waals surface area contributed by atoms with E-state index in [1.165, 1.54) is 0 Å². The van der Waals surface area contributed by atoms with Crippen molar-refractivity contribution in [3.05, 3.63) is 35.4 Å². The van der Waals surface area contributed by atoms with E-state index in [1.54, 1.807) is 12.1 Å². The SMILES string of the molecule is CCC1CC(NC(=O)CC(C(=O)[O-])c2ccc(C)cc2)CCO1.[Na+]. The zero-order chi connectivity index (χ0) is 16.8. The van der Waals surface area contributed by atoms with Gasteiger partial charge in [0.2, 0.25) is 5.91 Å². The minimum Gasteiger partial charge on any atom is -0.549 e. The van der Waals surface area contributed by atoms with Crippen LogP contribution in [0.1, 0.15) is 49.7 Å². The number of aryl methyl sites for hydroxylation is 1. The van der Waals surface area contributed by atoms with Crippen LogP contribution in [0, 0.1) is 6.92 Å². The molecule has 0 bridgehead atoms. The summed E-state index contributed by atoms with van der Waals surface area (Å²) in [6.45, 7) is 4.61. The fourth-order valence-corrected chi connectivity index (χ4v) is 2.90. The second-order valence-corrected chi connectivity index (χ2v) is 6.18. The Morgan fingerprint density at radius 1 is 1.33 bits per heavy atom. The zero-order valence-electron chi connectivity index (χ0n) is 14.7. The molecular weight excluding hydrogens is 317 g/mol. The molecule has 3 unspecified atom stereocenters. The molecule has 5 nitrogen and oxygen atoms in total. The van der Waals surface area contributed by atoms with E-state index < -0.39 is 11.9 Å². The first kappa shape index (κ1) is 21.2. The molecule has 0 spiro atoms.